The lowest BCUT2D eigenvalue weighted by molar-refractivity contribution is -0.134. The first kappa shape index (κ1) is 18.1. The van der Waals surface area contributed by atoms with Crippen molar-refractivity contribution in [3.05, 3.63) is 23.8 Å². The van der Waals surface area contributed by atoms with Crippen LogP contribution >= 0.6 is 12.4 Å². The van der Waals surface area contributed by atoms with Gasteiger partial charge in [0.1, 0.15) is 12.1 Å². The van der Waals surface area contributed by atoms with Crippen molar-refractivity contribution in [1.29, 1.82) is 0 Å². The summed E-state index contributed by atoms with van der Waals surface area (Å²) in [6.07, 6.45) is 1.84. The largest absolute Gasteiger partial charge is 0.399 e. The van der Waals surface area contributed by atoms with E-state index in [-0.39, 0.29) is 30.8 Å². The third-order valence-corrected chi connectivity index (χ3v) is 4.53. The fourth-order valence-corrected chi connectivity index (χ4v) is 2.90. The van der Waals surface area contributed by atoms with Gasteiger partial charge in [-0.3, -0.25) is 14.5 Å². The SMILES string of the molecule is Cc1ccc(N)cc1NC(=O)CN1C(=O)NC(C)(C2CC2)C1=O.Cl. The molecule has 0 aromatic heterocycles. The lowest BCUT2D eigenvalue weighted by Crippen LogP contribution is -2.46. The normalized spacial score (nSPS) is 22.8. The molecule has 1 atom stereocenters. The van der Waals surface area contributed by atoms with Crippen molar-refractivity contribution in [2.45, 2.75) is 32.2 Å². The van der Waals surface area contributed by atoms with Crippen molar-refractivity contribution < 1.29 is 14.4 Å². The molecule has 3 rings (SSSR count). The van der Waals surface area contributed by atoms with E-state index in [9.17, 15) is 14.4 Å². The van der Waals surface area contributed by atoms with Gasteiger partial charge in [0.2, 0.25) is 5.91 Å². The third-order valence-electron chi connectivity index (χ3n) is 4.53. The lowest BCUT2D eigenvalue weighted by Gasteiger charge is -2.20. The van der Waals surface area contributed by atoms with Crippen molar-refractivity contribution in [3.63, 3.8) is 0 Å². The molecule has 1 aliphatic carbocycles. The van der Waals surface area contributed by atoms with Crippen LogP contribution in [0.25, 0.3) is 0 Å². The number of urea groups is 1. The van der Waals surface area contributed by atoms with Crippen molar-refractivity contribution in [2.24, 2.45) is 5.92 Å². The fraction of sp³-hybridized carbons (Fsp3) is 0.438. The lowest BCUT2D eigenvalue weighted by atomic mass is 9.96. The van der Waals surface area contributed by atoms with Crippen LogP contribution in [0.15, 0.2) is 18.2 Å². The van der Waals surface area contributed by atoms with Gasteiger partial charge in [-0.05, 0) is 50.3 Å². The van der Waals surface area contributed by atoms with E-state index < -0.39 is 17.5 Å². The molecule has 1 unspecified atom stereocenters. The molecule has 0 spiro atoms. The second-order valence-corrected chi connectivity index (χ2v) is 6.42. The first-order valence-electron chi connectivity index (χ1n) is 7.61. The van der Waals surface area contributed by atoms with E-state index in [0.29, 0.717) is 11.4 Å². The molecule has 24 heavy (non-hydrogen) atoms. The van der Waals surface area contributed by atoms with Crippen molar-refractivity contribution >= 4 is 41.6 Å². The van der Waals surface area contributed by atoms with Gasteiger partial charge in [0.25, 0.3) is 5.91 Å². The van der Waals surface area contributed by atoms with Crippen molar-refractivity contribution in [3.8, 4) is 0 Å². The number of rotatable bonds is 4. The summed E-state index contributed by atoms with van der Waals surface area (Å²) in [6.45, 7) is 3.26. The molecule has 1 aliphatic heterocycles. The summed E-state index contributed by atoms with van der Waals surface area (Å²) in [5, 5.41) is 5.42. The van der Waals surface area contributed by atoms with Crippen LogP contribution in [0.1, 0.15) is 25.3 Å². The highest BCUT2D eigenvalue weighted by Gasteiger charge is 2.56. The van der Waals surface area contributed by atoms with Crippen LogP contribution in [0.3, 0.4) is 0 Å². The Hall–Kier alpha value is -2.28. The predicted molar refractivity (Wildman–Crippen MR) is 92.8 cm³/mol. The Bertz CT molecular complexity index is 705. The van der Waals surface area contributed by atoms with Crippen LogP contribution < -0.4 is 16.4 Å². The van der Waals surface area contributed by atoms with Gasteiger partial charge in [0.15, 0.2) is 0 Å². The van der Waals surface area contributed by atoms with Crippen LogP contribution in [0.4, 0.5) is 16.2 Å². The maximum atomic E-state index is 12.5. The molecule has 1 saturated heterocycles. The molecule has 1 aromatic rings. The second-order valence-electron chi connectivity index (χ2n) is 6.42. The summed E-state index contributed by atoms with van der Waals surface area (Å²) < 4.78 is 0. The molecule has 2 aliphatic rings. The molecule has 0 radical (unpaired) electrons. The highest BCUT2D eigenvalue weighted by molar-refractivity contribution is 6.10. The van der Waals surface area contributed by atoms with Crippen molar-refractivity contribution in [2.75, 3.05) is 17.6 Å². The number of nitrogens with one attached hydrogen (secondary N) is 2. The quantitative estimate of drug-likeness (QED) is 0.566. The third kappa shape index (κ3) is 3.17. The van der Waals surface area contributed by atoms with Gasteiger partial charge in [-0.25, -0.2) is 4.79 Å². The Morgan fingerprint density at radius 2 is 2.08 bits per heavy atom. The summed E-state index contributed by atoms with van der Waals surface area (Å²) in [6, 6.07) is 4.67. The highest BCUT2D eigenvalue weighted by Crippen LogP contribution is 2.42. The van der Waals surface area contributed by atoms with E-state index in [2.05, 4.69) is 10.6 Å². The Labute approximate surface area is 146 Å². The number of hydrogen-bond donors (Lipinski definition) is 3. The zero-order chi connectivity index (χ0) is 16.8. The summed E-state index contributed by atoms with van der Waals surface area (Å²) >= 11 is 0. The number of nitrogens with zero attached hydrogens (tertiary/aromatic N) is 1. The molecule has 4 amide bonds. The summed E-state index contributed by atoms with van der Waals surface area (Å²) in [4.78, 5) is 37.7. The molecule has 1 aromatic carbocycles. The van der Waals surface area contributed by atoms with Crippen LogP contribution in [0.2, 0.25) is 0 Å². The smallest absolute Gasteiger partial charge is 0.325 e. The molecule has 8 heteroatoms. The zero-order valence-corrected chi connectivity index (χ0v) is 14.4. The van der Waals surface area contributed by atoms with Gasteiger partial charge in [0, 0.05) is 11.4 Å². The van der Waals surface area contributed by atoms with E-state index in [1.54, 1.807) is 25.1 Å². The Morgan fingerprint density at radius 1 is 1.42 bits per heavy atom. The van der Waals surface area contributed by atoms with Gasteiger partial charge >= 0.3 is 6.03 Å². The zero-order valence-electron chi connectivity index (χ0n) is 13.6. The van der Waals surface area contributed by atoms with Gasteiger partial charge < -0.3 is 16.4 Å². The molecule has 7 nitrogen and oxygen atoms in total. The van der Waals surface area contributed by atoms with Crippen LogP contribution in [0, 0.1) is 12.8 Å². The Balaban J connectivity index is 0.00000208. The maximum Gasteiger partial charge on any atom is 0.325 e. The molecule has 2 fully saturated rings. The minimum Gasteiger partial charge on any atom is -0.399 e. The van der Waals surface area contributed by atoms with E-state index >= 15 is 0 Å². The first-order valence-corrected chi connectivity index (χ1v) is 7.61. The van der Waals surface area contributed by atoms with E-state index in [1.165, 1.54) is 0 Å². The highest BCUT2D eigenvalue weighted by atomic mass is 35.5. The van der Waals surface area contributed by atoms with Gasteiger partial charge in [-0.2, -0.15) is 0 Å². The van der Waals surface area contributed by atoms with Crippen LogP contribution in [-0.4, -0.2) is 34.8 Å². The average Bonchev–Trinajstić information content (AvgIpc) is 3.29. The molecule has 1 saturated carbocycles. The van der Waals surface area contributed by atoms with Crippen LogP contribution in [0.5, 0.6) is 0 Å². The minimum atomic E-state index is -0.871. The number of benzene rings is 1. The van der Waals surface area contributed by atoms with Gasteiger partial charge in [-0.1, -0.05) is 6.07 Å². The van der Waals surface area contributed by atoms with E-state index in [1.807, 2.05) is 6.92 Å². The second kappa shape index (κ2) is 6.32. The van der Waals surface area contributed by atoms with E-state index in [0.717, 1.165) is 23.3 Å². The Morgan fingerprint density at radius 3 is 2.71 bits per heavy atom. The van der Waals surface area contributed by atoms with Crippen molar-refractivity contribution in [1.82, 2.24) is 10.2 Å². The van der Waals surface area contributed by atoms with Gasteiger partial charge in [-0.15, -0.1) is 12.4 Å². The van der Waals surface area contributed by atoms with Gasteiger partial charge in [0.05, 0.1) is 0 Å². The minimum absolute atomic E-state index is 0. The fourth-order valence-electron chi connectivity index (χ4n) is 2.90. The summed E-state index contributed by atoms with van der Waals surface area (Å²) in [7, 11) is 0. The average molecular weight is 353 g/mol. The molecule has 0 bridgehead atoms. The van der Waals surface area contributed by atoms with E-state index in [4.69, 9.17) is 5.73 Å². The molecule has 1 heterocycles. The predicted octanol–water partition coefficient (Wildman–Crippen LogP) is 1.66. The number of carbonyl (C=O) groups is 3. The molecule has 130 valence electrons. The Kier molecular flexibility index (Phi) is 4.75. The molecular weight excluding hydrogens is 332 g/mol. The number of halogens is 1. The summed E-state index contributed by atoms with van der Waals surface area (Å²) in [5.41, 5.74) is 6.80. The number of nitrogen functional groups attached to an aromatic ring is 1. The number of aryl methyl sites for hydroxylation is 1. The first-order chi connectivity index (χ1) is 10.8. The maximum absolute atomic E-state index is 12.5. The van der Waals surface area contributed by atoms with Crippen LogP contribution in [-0.2, 0) is 9.59 Å². The molecular formula is C16H21ClN4O3. The number of imide groups is 1. The monoisotopic (exact) mass is 352 g/mol. The number of nitrogens with two attached hydrogens (primary N) is 1. The summed E-state index contributed by atoms with van der Waals surface area (Å²) in [5.74, 6) is -0.588. The number of hydrogen-bond acceptors (Lipinski definition) is 4. The standard InChI is InChI=1S/C16H20N4O3.ClH/c1-9-3-6-11(17)7-12(9)18-13(21)8-20-14(22)16(2,10-4-5-10)19-15(20)23;/h3,6-7,10H,4-5,8,17H2,1-2H3,(H,18,21)(H,19,23);1H. The number of carbonyl (C=O) groups excluding carboxylic acids is 3. The molecule has 4 N–H and O–H groups in total. The number of anilines is 2. The number of amides is 4. The topological polar surface area (TPSA) is 105 Å².